The summed E-state index contributed by atoms with van der Waals surface area (Å²) in [6.45, 7) is 3.26. The summed E-state index contributed by atoms with van der Waals surface area (Å²) in [7, 11) is 0. The van der Waals surface area contributed by atoms with Crippen LogP contribution in [0.15, 0.2) is 35.1 Å². The molecule has 0 spiro atoms. The van der Waals surface area contributed by atoms with Gasteiger partial charge in [-0.15, -0.1) is 0 Å². The highest BCUT2D eigenvalue weighted by Gasteiger charge is 2.34. The second kappa shape index (κ2) is 7.78. The molecular formula is C22H27N3O3. The Labute approximate surface area is 164 Å². The van der Waals surface area contributed by atoms with Crippen molar-refractivity contribution in [2.75, 3.05) is 13.1 Å². The van der Waals surface area contributed by atoms with Crippen LogP contribution in [-0.4, -0.2) is 40.4 Å². The van der Waals surface area contributed by atoms with Crippen molar-refractivity contribution in [3.63, 3.8) is 0 Å². The maximum atomic E-state index is 12.7. The van der Waals surface area contributed by atoms with Gasteiger partial charge in [-0.3, -0.25) is 19.0 Å². The van der Waals surface area contributed by atoms with Gasteiger partial charge in [0.15, 0.2) is 0 Å². The van der Waals surface area contributed by atoms with Crippen LogP contribution < -0.4 is 10.9 Å². The first-order chi connectivity index (χ1) is 13.5. The molecule has 0 bridgehead atoms. The molecule has 0 unspecified atom stereocenters. The summed E-state index contributed by atoms with van der Waals surface area (Å²) in [5.74, 6) is 0.260. The zero-order valence-corrected chi connectivity index (χ0v) is 16.3. The Hall–Kier alpha value is -2.63. The van der Waals surface area contributed by atoms with Crippen LogP contribution in [0.2, 0.25) is 0 Å². The van der Waals surface area contributed by atoms with Crippen LogP contribution in [0.1, 0.15) is 37.7 Å². The highest BCUT2D eigenvalue weighted by Crippen LogP contribution is 2.31. The second-order valence-corrected chi connectivity index (χ2v) is 8.09. The summed E-state index contributed by atoms with van der Waals surface area (Å²) in [4.78, 5) is 39.6. The van der Waals surface area contributed by atoms with E-state index in [4.69, 9.17) is 0 Å². The molecule has 2 aliphatic rings. The van der Waals surface area contributed by atoms with E-state index in [-0.39, 0.29) is 35.9 Å². The average molecular weight is 381 g/mol. The summed E-state index contributed by atoms with van der Waals surface area (Å²) in [5, 5.41) is 4.04. The van der Waals surface area contributed by atoms with E-state index in [1.165, 1.54) is 4.57 Å². The van der Waals surface area contributed by atoms with E-state index in [0.717, 1.165) is 55.1 Å². The zero-order valence-electron chi connectivity index (χ0n) is 16.3. The molecule has 2 heterocycles. The Kier molecular flexibility index (Phi) is 5.20. The minimum absolute atomic E-state index is 0.00724. The van der Waals surface area contributed by atoms with Crippen LogP contribution >= 0.6 is 0 Å². The van der Waals surface area contributed by atoms with Crippen molar-refractivity contribution in [1.82, 2.24) is 14.8 Å². The van der Waals surface area contributed by atoms with E-state index in [1.54, 1.807) is 6.07 Å². The van der Waals surface area contributed by atoms with Crippen molar-refractivity contribution in [2.24, 2.45) is 5.92 Å². The lowest BCUT2D eigenvalue weighted by Gasteiger charge is -2.25. The van der Waals surface area contributed by atoms with Gasteiger partial charge in [0.05, 0.1) is 5.52 Å². The van der Waals surface area contributed by atoms with Crippen LogP contribution in [0, 0.1) is 12.8 Å². The first-order valence-corrected chi connectivity index (χ1v) is 10.2. The highest BCUT2D eigenvalue weighted by atomic mass is 16.2. The number of carbonyl (C=O) groups excluding carboxylic acids is 2. The molecule has 1 aliphatic heterocycles. The van der Waals surface area contributed by atoms with Gasteiger partial charge < -0.3 is 10.2 Å². The number of nitrogens with zero attached hydrogens (tertiary/aromatic N) is 2. The Morgan fingerprint density at radius 3 is 2.71 bits per heavy atom. The summed E-state index contributed by atoms with van der Waals surface area (Å²) >= 11 is 0. The third-order valence-electron chi connectivity index (χ3n) is 5.80. The number of hydrogen-bond acceptors (Lipinski definition) is 3. The van der Waals surface area contributed by atoms with E-state index in [2.05, 4.69) is 5.32 Å². The minimum Gasteiger partial charge on any atom is -0.350 e. The summed E-state index contributed by atoms with van der Waals surface area (Å²) in [6, 6.07) is 9.18. The Balaban J connectivity index is 1.47. The van der Waals surface area contributed by atoms with Crippen LogP contribution in [0.3, 0.4) is 0 Å². The fourth-order valence-corrected chi connectivity index (χ4v) is 4.13. The SMILES string of the molecule is Cc1cc(=O)n(CC(=O)N[C@H]2CCCCN(C(=O)C3CC3)C2)c2ccccc12. The molecule has 28 heavy (non-hydrogen) atoms. The van der Waals surface area contributed by atoms with Crippen LogP contribution in [-0.2, 0) is 16.1 Å². The van der Waals surface area contributed by atoms with Gasteiger partial charge >= 0.3 is 0 Å². The molecular weight excluding hydrogens is 354 g/mol. The first-order valence-electron chi connectivity index (χ1n) is 10.2. The molecule has 2 fully saturated rings. The normalized spacial score (nSPS) is 20.0. The number of aromatic nitrogens is 1. The number of benzene rings is 1. The van der Waals surface area contributed by atoms with E-state index in [1.807, 2.05) is 36.1 Å². The quantitative estimate of drug-likeness (QED) is 0.883. The van der Waals surface area contributed by atoms with Crippen molar-refractivity contribution in [2.45, 2.75) is 51.6 Å². The smallest absolute Gasteiger partial charge is 0.251 e. The molecule has 2 aromatic rings. The average Bonchev–Trinajstić information content (AvgIpc) is 3.52. The Bertz CT molecular complexity index is 961. The summed E-state index contributed by atoms with van der Waals surface area (Å²) in [5.41, 5.74) is 1.52. The fourth-order valence-electron chi connectivity index (χ4n) is 4.13. The molecule has 1 aromatic heterocycles. The number of carbonyl (C=O) groups is 2. The number of rotatable bonds is 4. The second-order valence-electron chi connectivity index (χ2n) is 8.09. The molecule has 4 rings (SSSR count). The number of aryl methyl sites for hydroxylation is 1. The molecule has 1 aromatic carbocycles. The van der Waals surface area contributed by atoms with E-state index in [0.29, 0.717) is 6.54 Å². The van der Waals surface area contributed by atoms with Crippen molar-refractivity contribution in [3.05, 3.63) is 46.2 Å². The molecule has 1 aliphatic carbocycles. The topological polar surface area (TPSA) is 71.4 Å². The number of hydrogen-bond donors (Lipinski definition) is 1. The lowest BCUT2D eigenvalue weighted by Crippen LogP contribution is -2.46. The van der Waals surface area contributed by atoms with Gasteiger partial charge in [-0.1, -0.05) is 18.2 Å². The van der Waals surface area contributed by atoms with Crippen LogP contribution in [0.25, 0.3) is 10.9 Å². The summed E-state index contributed by atoms with van der Waals surface area (Å²) in [6.07, 6.45) is 4.83. The molecule has 6 heteroatoms. The van der Waals surface area contributed by atoms with E-state index in [9.17, 15) is 14.4 Å². The maximum Gasteiger partial charge on any atom is 0.251 e. The van der Waals surface area contributed by atoms with Gasteiger partial charge in [-0.25, -0.2) is 0 Å². The third kappa shape index (κ3) is 3.96. The lowest BCUT2D eigenvalue weighted by molar-refractivity contribution is -0.133. The zero-order chi connectivity index (χ0) is 19.7. The van der Waals surface area contributed by atoms with Gasteiger partial charge in [-0.2, -0.15) is 0 Å². The number of para-hydroxylation sites is 1. The molecule has 0 radical (unpaired) electrons. The fraction of sp³-hybridized carbons (Fsp3) is 0.500. The molecule has 148 valence electrons. The van der Waals surface area contributed by atoms with Gasteiger partial charge in [0, 0.05) is 36.5 Å². The number of pyridine rings is 1. The molecule has 6 nitrogen and oxygen atoms in total. The van der Waals surface area contributed by atoms with Crippen molar-refractivity contribution in [1.29, 1.82) is 0 Å². The van der Waals surface area contributed by atoms with Crippen LogP contribution in [0.4, 0.5) is 0 Å². The van der Waals surface area contributed by atoms with Gasteiger partial charge in [0.25, 0.3) is 5.56 Å². The minimum atomic E-state index is -0.179. The van der Waals surface area contributed by atoms with Crippen molar-refractivity contribution < 1.29 is 9.59 Å². The largest absolute Gasteiger partial charge is 0.350 e. The molecule has 1 saturated carbocycles. The number of likely N-dealkylation sites (tertiary alicyclic amines) is 1. The lowest BCUT2D eigenvalue weighted by atomic mass is 10.1. The highest BCUT2D eigenvalue weighted by molar-refractivity contribution is 5.85. The van der Waals surface area contributed by atoms with Gasteiger partial charge in [-0.05, 0) is 50.7 Å². The molecule has 1 atom stereocenters. The Morgan fingerprint density at radius 2 is 1.93 bits per heavy atom. The van der Waals surface area contributed by atoms with Crippen LogP contribution in [0.5, 0.6) is 0 Å². The predicted octanol–water partition coefficient (Wildman–Crippen LogP) is 2.22. The number of fused-ring (bicyclic) bond motifs is 1. The predicted molar refractivity (Wildman–Crippen MR) is 108 cm³/mol. The molecule has 2 amide bonds. The standard InChI is InChI=1S/C22H27N3O3/c1-15-12-21(27)25(19-8-3-2-7-18(15)19)14-20(26)23-17-6-4-5-11-24(13-17)22(28)16-9-10-16/h2-3,7-8,12,16-17H,4-6,9-11,13-14H2,1H3,(H,23,26)/t17-/m0/s1. The Morgan fingerprint density at radius 1 is 1.14 bits per heavy atom. The van der Waals surface area contributed by atoms with Crippen molar-refractivity contribution in [3.8, 4) is 0 Å². The number of amides is 2. The maximum absolute atomic E-state index is 12.7. The van der Waals surface area contributed by atoms with E-state index >= 15 is 0 Å². The molecule has 1 saturated heterocycles. The third-order valence-corrected chi connectivity index (χ3v) is 5.80. The number of nitrogens with one attached hydrogen (secondary N) is 1. The monoisotopic (exact) mass is 381 g/mol. The van der Waals surface area contributed by atoms with Gasteiger partial charge in [0.2, 0.25) is 11.8 Å². The van der Waals surface area contributed by atoms with Gasteiger partial charge in [0.1, 0.15) is 6.54 Å². The van der Waals surface area contributed by atoms with E-state index < -0.39 is 0 Å². The first kappa shape index (κ1) is 18.7. The van der Waals surface area contributed by atoms with Crippen molar-refractivity contribution >= 4 is 22.7 Å². The summed E-state index contributed by atoms with van der Waals surface area (Å²) < 4.78 is 1.53. The molecule has 1 N–H and O–H groups in total.